The molecule has 0 unspecified atom stereocenters. The molecular formula is C18H15NO2. The summed E-state index contributed by atoms with van der Waals surface area (Å²) in [6, 6.07) is 13.9. The van der Waals surface area contributed by atoms with Gasteiger partial charge in [-0.3, -0.25) is 0 Å². The zero-order valence-corrected chi connectivity index (χ0v) is 11.3. The molecule has 21 heavy (non-hydrogen) atoms. The normalized spacial score (nSPS) is 20.9. The molecular weight excluding hydrogens is 262 g/mol. The summed E-state index contributed by atoms with van der Waals surface area (Å²) < 4.78 is 0. The van der Waals surface area contributed by atoms with Crippen LogP contribution in [0.15, 0.2) is 48.5 Å². The molecule has 3 aromatic carbocycles. The Morgan fingerprint density at radius 1 is 0.857 bits per heavy atom. The largest absolute Gasteiger partial charge is 0.398 e. The lowest BCUT2D eigenvalue weighted by atomic mass is 9.87. The molecule has 0 aliphatic heterocycles. The van der Waals surface area contributed by atoms with Crippen LogP contribution in [-0.2, 0) is 0 Å². The minimum Gasteiger partial charge on any atom is -0.398 e. The Kier molecular flexibility index (Phi) is 2.55. The highest BCUT2D eigenvalue weighted by atomic mass is 16.3. The van der Waals surface area contributed by atoms with Gasteiger partial charge in [-0.25, -0.2) is 0 Å². The standard InChI is InChI=1S/C18H15NO2/c19-16-9-15-11(10-3-1-2-4-13(10)16)5-6-14-12(15)7-8-17(20)18(14)21/h1-9,17-18,20-21H,19H2/t17-,18-/m0/s1. The van der Waals surface area contributed by atoms with Crippen molar-refractivity contribution in [3.63, 3.8) is 0 Å². The highest BCUT2D eigenvalue weighted by Crippen LogP contribution is 2.38. The zero-order chi connectivity index (χ0) is 14.6. The van der Waals surface area contributed by atoms with E-state index in [0.717, 1.165) is 38.4 Å². The molecule has 3 nitrogen and oxygen atoms in total. The van der Waals surface area contributed by atoms with E-state index in [0.29, 0.717) is 0 Å². The molecule has 0 saturated heterocycles. The van der Waals surface area contributed by atoms with Gasteiger partial charge in [0.05, 0.1) is 0 Å². The average Bonchev–Trinajstić information content (AvgIpc) is 2.51. The van der Waals surface area contributed by atoms with Crippen LogP contribution < -0.4 is 5.73 Å². The van der Waals surface area contributed by atoms with Crippen LogP contribution in [0.1, 0.15) is 17.2 Å². The number of anilines is 1. The molecule has 0 heterocycles. The fraction of sp³-hybridized carbons (Fsp3) is 0.111. The number of nitrogen functional groups attached to an aromatic ring is 1. The van der Waals surface area contributed by atoms with Crippen LogP contribution in [0.2, 0.25) is 0 Å². The first-order chi connectivity index (χ1) is 10.2. The van der Waals surface area contributed by atoms with E-state index in [1.807, 2.05) is 42.5 Å². The molecule has 0 saturated carbocycles. The first kappa shape index (κ1) is 12.4. The van der Waals surface area contributed by atoms with Crippen LogP contribution in [0, 0.1) is 0 Å². The van der Waals surface area contributed by atoms with Crippen molar-refractivity contribution in [1.29, 1.82) is 0 Å². The maximum Gasteiger partial charge on any atom is 0.109 e. The predicted molar refractivity (Wildman–Crippen MR) is 85.9 cm³/mol. The summed E-state index contributed by atoms with van der Waals surface area (Å²) in [5.41, 5.74) is 8.58. The van der Waals surface area contributed by atoms with Crippen molar-refractivity contribution >= 4 is 33.3 Å². The summed E-state index contributed by atoms with van der Waals surface area (Å²) >= 11 is 0. The SMILES string of the molecule is Nc1cc2c3c(ccc2c2ccccc12)[C@H](O)[C@@H](O)C=C3. The van der Waals surface area contributed by atoms with Gasteiger partial charge >= 0.3 is 0 Å². The van der Waals surface area contributed by atoms with Crippen LogP contribution in [0.25, 0.3) is 27.6 Å². The lowest BCUT2D eigenvalue weighted by Crippen LogP contribution is -2.19. The van der Waals surface area contributed by atoms with Gasteiger partial charge in [0.1, 0.15) is 12.2 Å². The van der Waals surface area contributed by atoms with Crippen molar-refractivity contribution in [2.75, 3.05) is 5.73 Å². The summed E-state index contributed by atoms with van der Waals surface area (Å²) in [6.45, 7) is 0. The Morgan fingerprint density at radius 3 is 2.38 bits per heavy atom. The number of fused-ring (bicyclic) bond motifs is 5. The van der Waals surface area contributed by atoms with E-state index in [-0.39, 0.29) is 0 Å². The molecule has 104 valence electrons. The van der Waals surface area contributed by atoms with Crippen LogP contribution in [-0.4, -0.2) is 16.3 Å². The van der Waals surface area contributed by atoms with Gasteiger partial charge < -0.3 is 15.9 Å². The number of aliphatic hydroxyl groups excluding tert-OH is 2. The van der Waals surface area contributed by atoms with Crippen molar-refractivity contribution in [2.24, 2.45) is 0 Å². The van der Waals surface area contributed by atoms with Gasteiger partial charge in [-0.15, -0.1) is 0 Å². The van der Waals surface area contributed by atoms with Crippen LogP contribution in [0.3, 0.4) is 0 Å². The lowest BCUT2D eigenvalue weighted by molar-refractivity contribution is 0.0471. The highest BCUT2D eigenvalue weighted by Gasteiger charge is 2.23. The molecule has 4 N–H and O–H groups in total. The monoisotopic (exact) mass is 277 g/mol. The quantitative estimate of drug-likeness (QED) is 0.437. The number of benzene rings is 3. The van der Waals surface area contributed by atoms with Gasteiger partial charge in [-0.1, -0.05) is 48.6 Å². The predicted octanol–water partition coefficient (Wildman–Crippen LogP) is 3.00. The molecule has 0 spiro atoms. The van der Waals surface area contributed by atoms with Crippen molar-refractivity contribution in [3.8, 4) is 0 Å². The van der Waals surface area contributed by atoms with Crippen LogP contribution >= 0.6 is 0 Å². The van der Waals surface area contributed by atoms with Crippen LogP contribution in [0.5, 0.6) is 0 Å². The summed E-state index contributed by atoms with van der Waals surface area (Å²) in [7, 11) is 0. The summed E-state index contributed by atoms with van der Waals surface area (Å²) in [6.07, 6.45) is 1.75. The highest BCUT2D eigenvalue weighted by molar-refractivity contribution is 6.14. The third kappa shape index (κ3) is 1.68. The maximum absolute atomic E-state index is 10.1. The topological polar surface area (TPSA) is 66.5 Å². The van der Waals surface area contributed by atoms with Crippen LogP contribution in [0.4, 0.5) is 5.69 Å². The van der Waals surface area contributed by atoms with E-state index in [1.165, 1.54) is 0 Å². The van der Waals surface area contributed by atoms with Crippen molar-refractivity contribution in [1.82, 2.24) is 0 Å². The molecule has 4 rings (SSSR count). The summed E-state index contributed by atoms with van der Waals surface area (Å²) in [5, 5.41) is 24.1. The summed E-state index contributed by atoms with van der Waals surface area (Å²) in [4.78, 5) is 0. The van der Waals surface area contributed by atoms with Crippen molar-refractivity contribution < 1.29 is 10.2 Å². The second kappa shape index (κ2) is 4.32. The van der Waals surface area contributed by atoms with E-state index < -0.39 is 12.2 Å². The number of rotatable bonds is 0. The second-order valence-corrected chi connectivity index (χ2v) is 5.47. The molecule has 0 radical (unpaired) electrons. The van der Waals surface area contributed by atoms with E-state index in [9.17, 15) is 10.2 Å². The Labute approximate surface area is 121 Å². The number of hydrogen-bond donors (Lipinski definition) is 3. The van der Waals surface area contributed by atoms with E-state index in [1.54, 1.807) is 6.08 Å². The van der Waals surface area contributed by atoms with Gasteiger partial charge in [0, 0.05) is 11.1 Å². The Hall–Kier alpha value is -2.36. The van der Waals surface area contributed by atoms with Gasteiger partial charge in [0.15, 0.2) is 0 Å². The van der Waals surface area contributed by atoms with Gasteiger partial charge in [0.25, 0.3) is 0 Å². The minimum absolute atomic E-state index is 0.723. The lowest BCUT2D eigenvalue weighted by Gasteiger charge is -2.23. The van der Waals surface area contributed by atoms with Gasteiger partial charge in [-0.2, -0.15) is 0 Å². The molecule has 0 aromatic heterocycles. The molecule has 2 atom stereocenters. The minimum atomic E-state index is -0.887. The molecule has 3 heteroatoms. The van der Waals surface area contributed by atoms with E-state index >= 15 is 0 Å². The molecule has 0 amide bonds. The van der Waals surface area contributed by atoms with E-state index in [2.05, 4.69) is 6.07 Å². The first-order valence-corrected chi connectivity index (χ1v) is 6.95. The molecule has 1 aliphatic carbocycles. The third-order valence-corrected chi connectivity index (χ3v) is 4.25. The number of hydrogen-bond acceptors (Lipinski definition) is 3. The smallest absolute Gasteiger partial charge is 0.109 e. The van der Waals surface area contributed by atoms with Gasteiger partial charge in [0.2, 0.25) is 0 Å². The second-order valence-electron chi connectivity index (χ2n) is 5.47. The molecule has 0 fully saturated rings. The Morgan fingerprint density at radius 2 is 1.57 bits per heavy atom. The summed E-state index contributed by atoms with van der Waals surface area (Å²) in [5.74, 6) is 0. The van der Waals surface area contributed by atoms with Crippen molar-refractivity contribution in [2.45, 2.75) is 12.2 Å². The number of nitrogens with two attached hydrogens (primary N) is 1. The van der Waals surface area contributed by atoms with Crippen molar-refractivity contribution in [3.05, 3.63) is 59.7 Å². The average molecular weight is 277 g/mol. The molecule has 3 aromatic rings. The fourth-order valence-corrected chi connectivity index (χ4v) is 3.17. The first-order valence-electron chi connectivity index (χ1n) is 6.95. The molecule has 0 bridgehead atoms. The Balaban J connectivity index is 2.16. The number of aliphatic hydroxyl groups is 2. The Bertz CT molecular complexity index is 898. The zero-order valence-electron chi connectivity index (χ0n) is 11.3. The molecule has 1 aliphatic rings. The third-order valence-electron chi connectivity index (χ3n) is 4.25. The van der Waals surface area contributed by atoms with Gasteiger partial charge in [-0.05, 0) is 33.4 Å². The fourth-order valence-electron chi connectivity index (χ4n) is 3.17. The maximum atomic E-state index is 10.1. The van der Waals surface area contributed by atoms with E-state index in [4.69, 9.17) is 5.73 Å².